The van der Waals surface area contributed by atoms with Crippen LogP contribution in [0.1, 0.15) is 50.9 Å². The van der Waals surface area contributed by atoms with E-state index in [0.717, 1.165) is 42.2 Å². The number of nitrogens with two attached hydrogens (primary N) is 1. The Morgan fingerprint density at radius 1 is 1.44 bits per heavy atom. The molecule has 1 atom stereocenters. The normalized spacial score (nSPS) is 15.9. The van der Waals surface area contributed by atoms with E-state index in [0.29, 0.717) is 16.5 Å². The number of nitrogens with one attached hydrogen (secondary N) is 1. The summed E-state index contributed by atoms with van der Waals surface area (Å²) < 4.78 is 0. The van der Waals surface area contributed by atoms with Crippen molar-refractivity contribution in [1.82, 2.24) is 0 Å². The molecule has 142 valence electrons. The van der Waals surface area contributed by atoms with Crippen LogP contribution in [0, 0.1) is 16.0 Å². The molecule has 2 amide bonds. The number of benzene rings is 1. The van der Waals surface area contributed by atoms with E-state index in [4.69, 9.17) is 17.3 Å². The number of carbonyl (C=O) groups excluding carboxylic acids is 2. The Balaban J connectivity index is 1.97. The average Bonchev–Trinajstić information content (AvgIpc) is 2.98. The number of hydrogen-bond acceptors (Lipinski definition) is 5. The van der Waals surface area contributed by atoms with E-state index in [1.165, 1.54) is 23.5 Å². The van der Waals surface area contributed by atoms with E-state index in [2.05, 4.69) is 12.2 Å². The van der Waals surface area contributed by atoms with E-state index < -0.39 is 22.4 Å². The van der Waals surface area contributed by atoms with Crippen LogP contribution in [0.15, 0.2) is 18.2 Å². The number of primary amides is 1. The maximum absolute atomic E-state index is 12.7. The summed E-state index contributed by atoms with van der Waals surface area (Å²) in [5, 5.41) is 14.4. The summed E-state index contributed by atoms with van der Waals surface area (Å²) in [5.74, 6) is -0.743. The van der Waals surface area contributed by atoms with Crippen molar-refractivity contribution in [3.05, 3.63) is 54.9 Å². The van der Waals surface area contributed by atoms with Crippen molar-refractivity contribution in [1.29, 1.82) is 0 Å². The number of hydrogen-bond donors (Lipinski definition) is 2. The summed E-state index contributed by atoms with van der Waals surface area (Å²) >= 11 is 7.11. The highest BCUT2D eigenvalue weighted by Gasteiger charge is 2.29. The Bertz CT molecular complexity index is 941. The second kappa shape index (κ2) is 7.66. The molecule has 27 heavy (non-hydrogen) atoms. The quantitative estimate of drug-likeness (QED) is 0.571. The third-order valence-electron chi connectivity index (χ3n) is 4.82. The number of fused-ring (bicyclic) bond motifs is 1. The van der Waals surface area contributed by atoms with Crippen molar-refractivity contribution < 1.29 is 14.5 Å². The predicted octanol–water partition coefficient (Wildman–Crippen LogP) is 4.18. The van der Waals surface area contributed by atoms with Crippen LogP contribution in [0.25, 0.3) is 0 Å². The van der Waals surface area contributed by atoms with Gasteiger partial charge in [-0.15, -0.1) is 11.3 Å². The highest BCUT2D eigenvalue weighted by atomic mass is 35.5. The lowest BCUT2D eigenvalue weighted by Crippen LogP contribution is -2.20. The fourth-order valence-corrected chi connectivity index (χ4v) is 4.90. The molecule has 0 aliphatic heterocycles. The van der Waals surface area contributed by atoms with Crippen LogP contribution in [-0.2, 0) is 12.8 Å². The van der Waals surface area contributed by atoms with Crippen LogP contribution >= 0.6 is 22.9 Å². The minimum atomic E-state index is -0.675. The zero-order valence-electron chi connectivity index (χ0n) is 14.6. The monoisotopic (exact) mass is 407 g/mol. The molecule has 9 heteroatoms. The third kappa shape index (κ3) is 3.81. The number of thiophene rings is 1. The van der Waals surface area contributed by atoms with Crippen LogP contribution in [0.2, 0.25) is 5.02 Å². The van der Waals surface area contributed by atoms with Gasteiger partial charge >= 0.3 is 0 Å². The van der Waals surface area contributed by atoms with Crippen LogP contribution in [0.4, 0.5) is 10.7 Å². The van der Waals surface area contributed by atoms with Gasteiger partial charge in [0.2, 0.25) is 0 Å². The molecule has 1 aliphatic carbocycles. The molecule has 0 fully saturated rings. The first-order valence-corrected chi connectivity index (χ1v) is 9.70. The highest BCUT2D eigenvalue weighted by molar-refractivity contribution is 7.17. The summed E-state index contributed by atoms with van der Waals surface area (Å²) in [6, 6.07) is 3.82. The van der Waals surface area contributed by atoms with E-state index in [9.17, 15) is 19.7 Å². The Kier molecular flexibility index (Phi) is 5.48. The number of rotatable bonds is 5. The fourth-order valence-electron chi connectivity index (χ4n) is 3.37. The van der Waals surface area contributed by atoms with Crippen molar-refractivity contribution in [2.45, 2.75) is 32.6 Å². The molecule has 1 aromatic carbocycles. The molecule has 0 unspecified atom stereocenters. The number of halogens is 1. The van der Waals surface area contributed by atoms with Gasteiger partial charge < -0.3 is 11.1 Å². The molecule has 0 bridgehead atoms. The van der Waals surface area contributed by atoms with Crippen LogP contribution in [0.5, 0.6) is 0 Å². The van der Waals surface area contributed by atoms with E-state index in [-0.39, 0.29) is 10.6 Å². The predicted molar refractivity (Wildman–Crippen MR) is 105 cm³/mol. The highest BCUT2D eigenvalue weighted by Crippen LogP contribution is 2.40. The number of anilines is 1. The van der Waals surface area contributed by atoms with Crippen molar-refractivity contribution in [3.8, 4) is 0 Å². The Morgan fingerprint density at radius 2 is 2.19 bits per heavy atom. The summed E-state index contributed by atoms with van der Waals surface area (Å²) in [4.78, 5) is 36.3. The van der Waals surface area contributed by atoms with Crippen molar-refractivity contribution in [2.24, 2.45) is 11.7 Å². The SMILES string of the molecule is CC[C@@H]1CCc2c(sc(NC(=O)c3ccc(Cl)cc3[N+](=O)[O-])c2C(N)=O)C1. The van der Waals surface area contributed by atoms with Gasteiger partial charge in [-0.05, 0) is 42.9 Å². The number of carbonyl (C=O) groups is 2. The van der Waals surface area contributed by atoms with Gasteiger partial charge in [0.05, 0.1) is 10.5 Å². The maximum atomic E-state index is 12.7. The van der Waals surface area contributed by atoms with Crippen LogP contribution < -0.4 is 11.1 Å². The summed E-state index contributed by atoms with van der Waals surface area (Å²) in [7, 11) is 0. The molecular weight excluding hydrogens is 390 g/mol. The minimum Gasteiger partial charge on any atom is -0.365 e. The Labute approximate surface area is 164 Å². The second-order valence-corrected chi connectivity index (χ2v) is 8.00. The molecular formula is C18H18ClN3O4S. The van der Waals surface area contributed by atoms with Gasteiger partial charge in [0.1, 0.15) is 10.6 Å². The summed E-state index contributed by atoms with van der Waals surface area (Å²) in [6.45, 7) is 2.13. The molecule has 2 aromatic rings. The van der Waals surface area contributed by atoms with E-state index in [1.54, 1.807) is 0 Å². The third-order valence-corrected chi connectivity index (χ3v) is 6.22. The Morgan fingerprint density at radius 3 is 2.81 bits per heavy atom. The zero-order chi connectivity index (χ0) is 19.7. The Hall–Kier alpha value is -2.45. The molecule has 0 radical (unpaired) electrons. The van der Waals surface area contributed by atoms with Gasteiger partial charge in [-0.1, -0.05) is 24.9 Å². The molecule has 0 saturated heterocycles. The van der Waals surface area contributed by atoms with Gasteiger partial charge in [-0.25, -0.2) is 0 Å². The molecule has 7 nitrogen and oxygen atoms in total. The maximum Gasteiger partial charge on any atom is 0.283 e. The minimum absolute atomic E-state index is 0.127. The average molecular weight is 408 g/mol. The lowest BCUT2D eigenvalue weighted by atomic mass is 9.85. The lowest BCUT2D eigenvalue weighted by Gasteiger charge is -2.20. The van der Waals surface area contributed by atoms with Gasteiger partial charge in [-0.2, -0.15) is 0 Å². The molecule has 1 aliphatic rings. The zero-order valence-corrected chi connectivity index (χ0v) is 16.2. The van der Waals surface area contributed by atoms with Gasteiger partial charge in [-0.3, -0.25) is 19.7 Å². The molecule has 1 aromatic heterocycles. The summed E-state index contributed by atoms with van der Waals surface area (Å²) in [6.07, 6.45) is 3.59. The van der Waals surface area contributed by atoms with Gasteiger partial charge in [0.25, 0.3) is 17.5 Å². The number of nitro benzene ring substituents is 1. The molecule has 0 spiro atoms. The molecule has 3 N–H and O–H groups in total. The second-order valence-electron chi connectivity index (χ2n) is 6.46. The smallest absolute Gasteiger partial charge is 0.283 e. The number of nitrogens with zero attached hydrogens (tertiary/aromatic N) is 1. The van der Waals surface area contributed by atoms with Gasteiger partial charge in [0.15, 0.2) is 0 Å². The first-order chi connectivity index (χ1) is 12.8. The van der Waals surface area contributed by atoms with Gasteiger partial charge in [0, 0.05) is 16.0 Å². The van der Waals surface area contributed by atoms with Crippen LogP contribution in [0.3, 0.4) is 0 Å². The first-order valence-electron chi connectivity index (χ1n) is 8.51. The number of amides is 2. The van der Waals surface area contributed by atoms with Crippen molar-refractivity contribution in [2.75, 3.05) is 5.32 Å². The molecule has 1 heterocycles. The van der Waals surface area contributed by atoms with Crippen molar-refractivity contribution in [3.63, 3.8) is 0 Å². The van der Waals surface area contributed by atoms with E-state index >= 15 is 0 Å². The standard InChI is InChI=1S/C18H18ClN3O4S/c1-2-9-3-5-12-14(7-9)27-18(15(12)16(20)23)21-17(24)11-6-4-10(19)8-13(11)22(25)26/h4,6,8-9H,2-3,5,7H2,1H3,(H2,20,23)(H,21,24)/t9-/m1/s1. The molecule has 3 rings (SSSR count). The first kappa shape index (κ1) is 19.3. The van der Waals surface area contributed by atoms with E-state index in [1.807, 2.05) is 0 Å². The van der Waals surface area contributed by atoms with Crippen LogP contribution in [-0.4, -0.2) is 16.7 Å². The topological polar surface area (TPSA) is 115 Å². The van der Waals surface area contributed by atoms with Crippen molar-refractivity contribution >= 4 is 45.4 Å². The number of nitro groups is 1. The lowest BCUT2D eigenvalue weighted by molar-refractivity contribution is -0.385. The fraction of sp³-hybridized carbons (Fsp3) is 0.333. The summed E-state index contributed by atoms with van der Waals surface area (Å²) in [5.41, 5.74) is 6.23. The largest absolute Gasteiger partial charge is 0.365 e. The molecule has 0 saturated carbocycles.